The van der Waals surface area contributed by atoms with E-state index in [1.54, 1.807) is 7.11 Å². The van der Waals surface area contributed by atoms with Crippen LogP contribution in [0.3, 0.4) is 0 Å². The number of methoxy groups -OCH3 is 1. The fraction of sp³-hybridized carbons (Fsp3) is 0.533. The van der Waals surface area contributed by atoms with E-state index in [4.69, 9.17) is 15.2 Å². The smallest absolute Gasteiger partial charge is 0.225 e. The molecule has 0 spiro atoms. The normalized spacial score (nSPS) is 19.4. The van der Waals surface area contributed by atoms with Crippen LogP contribution in [0.15, 0.2) is 28.7 Å². The Morgan fingerprint density at radius 3 is 2.77 bits per heavy atom. The third-order valence-electron chi connectivity index (χ3n) is 3.66. The van der Waals surface area contributed by atoms with Crippen molar-refractivity contribution in [2.45, 2.75) is 18.6 Å². The maximum atomic E-state index is 12.3. The number of ether oxygens (including phenoxy) is 2. The van der Waals surface area contributed by atoms with Crippen molar-refractivity contribution in [1.29, 1.82) is 0 Å². The van der Waals surface area contributed by atoms with Crippen LogP contribution in [-0.4, -0.2) is 50.3 Å². The molecule has 5 nitrogen and oxygen atoms in total. The summed E-state index contributed by atoms with van der Waals surface area (Å²) < 4.78 is 12.0. The highest BCUT2D eigenvalue weighted by molar-refractivity contribution is 9.10. The molecule has 0 saturated carbocycles. The molecular formula is C15H22BrClN2O3. The van der Waals surface area contributed by atoms with Gasteiger partial charge < -0.3 is 20.1 Å². The van der Waals surface area contributed by atoms with Crippen molar-refractivity contribution in [2.75, 3.05) is 33.4 Å². The zero-order valence-corrected chi connectivity index (χ0v) is 14.9. The van der Waals surface area contributed by atoms with E-state index in [0.717, 1.165) is 10.0 Å². The number of carbonyl (C=O) groups excluding carboxylic acids is 1. The van der Waals surface area contributed by atoms with Gasteiger partial charge in [0.2, 0.25) is 5.91 Å². The van der Waals surface area contributed by atoms with Gasteiger partial charge in [-0.25, -0.2) is 0 Å². The lowest BCUT2D eigenvalue weighted by atomic mass is 10.1. The molecule has 1 heterocycles. The van der Waals surface area contributed by atoms with Crippen molar-refractivity contribution < 1.29 is 14.3 Å². The molecule has 1 aromatic rings. The van der Waals surface area contributed by atoms with E-state index in [0.29, 0.717) is 32.7 Å². The van der Waals surface area contributed by atoms with Crippen LogP contribution in [0.5, 0.6) is 0 Å². The highest BCUT2D eigenvalue weighted by Gasteiger charge is 2.26. The predicted molar refractivity (Wildman–Crippen MR) is 91.1 cm³/mol. The molecule has 124 valence electrons. The first-order valence-corrected chi connectivity index (χ1v) is 7.81. The van der Waals surface area contributed by atoms with Crippen molar-refractivity contribution >= 4 is 34.2 Å². The molecule has 22 heavy (non-hydrogen) atoms. The summed E-state index contributed by atoms with van der Waals surface area (Å²) in [5, 5.41) is 0. The summed E-state index contributed by atoms with van der Waals surface area (Å²) in [6.45, 7) is 2.09. The molecule has 1 aliphatic rings. The lowest BCUT2D eigenvalue weighted by Crippen LogP contribution is -2.44. The maximum absolute atomic E-state index is 12.3. The maximum Gasteiger partial charge on any atom is 0.225 e. The van der Waals surface area contributed by atoms with Gasteiger partial charge in [-0.05, 0) is 17.7 Å². The summed E-state index contributed by atoms with van der Waals surface area (Å²) in [5.74, 6) is 0.0673. The molecule has 2 rings (SSSR count). The third-order valence-corrected chi connectivity index (χ3v) is 4.19. The fourth-order valence-corrected chi connectivity index (χ4v) is 2.61. The largest absolute Gasteiger partial charge is 0.380 e. The Bertz CT molecular complexity index is 468. The standard InChI is InChI=1S/C15H21BrN2O3.ClH/c1-20-13(9-17)8-15(19)18-6-7-21-14(10-18)11-2-4-12(16)5-3-11;/h2-5,13-14H,6-10,17H2,1H3;1H. The Morgan fingerprint density at radius 1 is 1.50 bits per heavy atom. The van der Waals surface area contributed by atoms with E-state index >= 15 is 0 Å². The Labute approximate surface area is 145 Å². The Balaban J connectivity index is 0.00000242. The van der Waals surface area contributed by atoms with Crippen molar-refractivity contribution in [3.05, 3.63) is 34.3 Å². The minimum Gasteiger partial charge on any atom is -0.380 e. The first-order chi connectivity index (χ1) is 10.1. The molecule has 1 amide bonds. The van der Waals surface area contributed by atoms with Gasteiger partial charge in [0.25, 0.3) is 0 Å². The molecule has 1 fully saturated rings. The van der Waals surface area contributed by atoms with Gasteiger partial charge in [0, 0.05) is 24.7 Å². The van der Waals surface area contributed by atoms with E-state index in [1.807, 2.05) is 29.2 Å². The van der Waals surface area contributed by atoms with E-state index < -0.39 is 0 Å². The molecule has 7 heteroatoms. The topological polar surface area (TPSA) is 64.8 Å². The number of benzene rings is 1. The van der Waals surface area contributed by atoms with E-state index in [-0.39, 0.29) is 30.5 Å². The Morgan fingerprint density at radius 2 is 2.18 bits per heavy atom. The molecule has 2 atom stereocenters. The van der Waals surface area contributed by atoms with Gasteiger partial charge in [0.1, 0.15) is 6.10 Å². The van der Waals surface area contributed by atoms with Crippen molar-refractivity contribution in [1.82, 2.24) is 4.90 Å². The highest BCUT2D eigenvalue weighted by Crippen LogP contribution is 2.24. The summed E-state index contributed by atoms with van der Waals surface area (Å²) in [6, 6.07) is 7.99. The number of halogens is 2. The van der Waals surface area contributed by atoms with Crippen LogP contribution in [-0.2, 0) is 14.3 Å². The number of carbonyl (C=O) groups is 1. The van der Waals surface area contributed by atoms with Gasteiger partial charge in [-0.3, -0.25) is 4.79 Å². The van der Waals surface area contributed by atoms with Gasteiger partial charge in [0.05, 0.1) is 25.7 Å². The van der Waals surface area contributed by atoms with Crippen LogP contribution < -0.4 is 5.73 Å². The summed E-state index contributed by atoms with van der Waals surface area (Å²) >= 11 is 3.42. The van der Waals surface area contributed by atoms with Gasteiger partial charge in [0.15, 0.2) is 0 Å². The number of morpholine rings is 1. The first-order valence-electron chi connectivity index (χ1n) is 7.01. The third kappa shape index (κ3) is 5.21. The molecule has 1 aliphatic heterocycles. The Kier molecular flexibility index (Phi) is 8.35. The lowest BCUT2D eigenvalue weighted by Gasteiger charge is -2.34. The van der Waals surface area contributed by atoms with Crippen LogP contribution in [0.1, 0.15) is 18.1 Å². The monoisotopic (exact) mass is 392 g/mol. The van der Waals surface area contributed by atoms with Crippen LogP contribution in [0.4, 0.5) is 0 Å². The quantitative estimate of drug-likeness (QED) is 0.832. The van der Waals surface area contributed by atoms with Gasteiger partial charge in [-0.2, -0.15) is 0 Å². The van der Waals surface area contributed by atoms with Gasteiger partial charge >= 0.3 is 0 Å². The van der Waals surface area contributed by atoms with E-state index in [1.165, 1.54) is 0 Å². The minimum atomic E-state index is -0.216. The summed E-state index contributed by atoms with van der Waals surface area (Å²) in [7, 11) is 1.58. The summed E-state index contributed by atoms with van der Waals surface area (Å²) in [4.78, 5) is 14.1. The van der Waals surface area contributed by atoms with Crippen LogP contribution in [0.2, 0.25) is 0 Å². The average molecular weight is 394 g/mol. The second-order valence-electron chi connectivity index (χ2n) is 5.05. The van der Waals surface area contributed by atoms with Crippen LogP contribution >= 0.6 is 28.3 Å². The van der Waals surface area contributed by atoms with Crippen molar-refractivity contribution in [3.8, 4) is 0 Å². The van der Waals surface area contributed by atoms with Gasteiger partial charge in [-0.1, -0.05) is 28.1 Å². The molecule has 0 aliphatic carbocycles. The summed E-state index contributed by atoms with van der Waals surface area (Å²) in [6.07, 6.45) is 0.0289. The number of nitrogens with zero attached hydrogens (tertiary/aromatic N) is 1. The molecule has 0 aromatic heterocycles. The number of amides is 1. The van der Waals surface area contributed by atoms with Crippen molar-refractivity contribution in [3.63, 3.8) is 0 Å². The number of hydrogen-bond acceptors (Lipinski definition) is 4. The second kappa shape index (κ2) is 9.47. The molecular weight excluding hydrogens is 372 g/mol. The molecule has 1 saturated heterocycles. The van der Waals surface area contributed by atoms with Crippen LogP contribution in [0.25, 0.3) is 0 Å². The first kappa shape index (κ1) is 19.4. The lowest BCUT2D eigenvalue weighted by molar-refractivity contribution is -0.141. The van der Waals surface area contributed by atoms with E-state index in [9.17, 15) is 4.79 Å². The average Bonchev–Trinajstić information content (AvgIpc) is 2.53. The minimum absolute atomic E-state index is 0. The molecule has 2 N–H and O–H groups in total. The van der Waals surface area contributed by atoms with Crippen molar-refractivity contribution in [2.24, 2.45) is 5.73 Å². The molecule has 2 unspecified atom stereocenters. The SMILES string of the molecule is COC(CN)CC(=O)N1CCOC(c2ccc(Br)cc2)C1.Cl. The van der Waals surface area contributed by atoms with Gasteiger partial charge in [-0.15, -0.1) is 12.4 Å². The number of hydrogen-bond donors (Lipinski definition) is 1. The fourth-order valence-electron chi connectivity index (χ4n) is 2.34. The van der Waals surface area contributed by atoms with Crippen LogP contribution in [0, 0.1) is 0 Å². The zero-order valence-electron chi connectivity index (χ0n) is 12.5. The number of rotatable bonds is 5. The molecule has 0 radical (unpaired) electrons. The zero-order chi connectivity index (χ0) is 15.2. The van der Waals surface area contributed by atoms with E-state index in [2.05, 4.69) is 15.9 Å². The molecule has 1 aromatic carbocycles. The number of nitrogens with two attached hydrogens (primary N) is 1. The second-order valence-corrected chi connectivity index (χ2v) is 5.96. The Hall–Kier alpha value is -0.660. The predicted octanol–water partition coefficient (Wildman–Crippen LogP) is 2.13. The molecule has 0 bridgehead atoms. The summed E-state index contributed by atoms with van der Waals surface area (Å²) in [5.41, 5.74) is 6.65. The highest BCUT2D eigenvalue weighted by atomic mass is 79.9.